The number of carbonyl (C=O) groups is 3. The Kier molecular flexibility index (Phi) is 5.58. The van der Waals surface area contributed by atoms with Crippen LogP contribution < -0.4 is 10.2 Å². The van der Waals surface area contributed by atoms with Gasteiger partial charge >= 0.3 is 6.03 Å². The van der Waals surface area contributed by atoms with Gasteiger partial charge in [-0.2, -0.15) is 11.8 Å². The quantitative estimate of drug-likeness (QED) is 0.627. The highest BCUT2D eigenvalue weighted by atomic mass is 32.2. The lowest BCUT2D eigenvalue weighted by Crippen LogP contribution is -2.50. The van der Waals surface area contributed by atoms with Gasteiger partial charge in [0.25, 0.3) is 5.91 Å². The highest BCUT2D eigenvalue weighted by Crippen LogP contribution is 2.32. The predicted molar refractivity (Wildman–Crippen MR) is 101 cm³/mol. The standard InChI is InChI=1S/C17H21N3O3S2/c1-24-10-15(21)18-11-6-7-19-14(8-11)16(22)20(17(19)23)12-4-3-5-13(9-12)25-2/h3-5,9,11,14H,6-8,10H2,1-2H3,(H,18,21)/t11-,14+/m1/s1. The number of carbonyl (C=O) groups excluding carboxylic acids is 3. The maximum absolute atomic E-state index is 12.8. The number of amides is 4. The molecule has 0 aliphatic carbocycles. The van der Waals surface area contributed by atoms with Crippen molar-refractivity contribution in [1.29, 1.82) is 0 Å². The second kappa shape index (κ2) is 7.70. The van der Waals surface area contributed by atoms with Crippen LogP contribution in [0.3, 0.4) is 0 Å². The molecule has 0 radical (unpaired) electrons. The number of fused-ring (bicyclic) bond motifs is 1. The van der Waals surface area contributed by atoms with Crippen molar-refractivity contribution in [2.24, 2.45) is 0 Å². The van der Waals surface area contributed by atoms with Gasteiger partial charge < -0.3 is 10.2 Å². The summed E-state index contributed by atoms with van der Waals surface area (Å²) in [6.07, 6.45) is 4.98. The van der Waals surface area contributed by atoms with Crippen LogP contribution in [0.2, 0.25) is 0 Å². The molecular formula is C17H21N3O3S2. The van der Waals surface area contributed by atoms with Gasteiger partial charge in [-0.15, -0.1) is 11.8 Å². The predicted octanol–water partition coefficient (Wildman–Crippen LogP) is 2.19. The van der Waals surface area contributed by atoms with Gasteiger partial charge in [0, 0.05) is 17.5 Å². The number of benzene rings is 1. The van der Waals surface area contributed by atoms with Crippen molar-refractivity contribution >= 4 is 47.1 Å². The van der Waals surface area contributed by atoms with Gasteiger partial charge in [0.2, 0.25) is 5.91 Å². The average molecular weight is 380 g/mol. The number of rotatable bonds is 5. The van der Waals surface area contributed by atoms with Crippen LogP contribution in [0.5, 0.6) is 0 Å². The highest BCUT2D eigenvalue weighted by molar-refractivity contribution is 7.99. The van der Waals surface area contributed by atoms with E-state index in [1.165, 1.54) is 16.7 Å². The van der Waals surface area contributed by atoms with Gasteiger partial charge in [-0.05, 0) is 43.6 Å². The molecule has 1 aromatic rings. The van der Waals surface area contributed by atoms with Gasteiger partial charge in [-0.3, -0.25) is 9.59 Å². The SMILES string of the molecule is CSCC(=O)N[C@@H]1CCN2C(=O)N(c3cccc(SC)c3)C(=O)[C@@H]2C1. The molecule has 0 unspecified atom stereocenters. The van der Waals surface area contributed by atoms with Crippen molar-refractivity contribution in [3.63, 3.8) is 0 Å². The van der Waals surface area contributed by atoms with Crippen LogP contribution in [-0.4, -0.2) is 59.6 Å². The first-order chi connectivity index (χ1) is 12.0. The molecule has 0 bridgehead atoms. The lowest BCUT2D eigenvalue weighted by molar-refractivity contribution is -0.123. The molecule has 25 heavy (non-hydrogen) atoms. The molecule has 2 aliphatic heterocycles. The molecule has 4 amide bonds. The maximum atomic E-state index is 12.8. The van der Waals surface area contributed by atoms with Crippen molar-refractivity contribution < 1.29 is 14.4 Å². The molecule has 2 fully saturated rings. The summed E-state index contributed by atoms with van der Waals surface area (Å²) in [5.41, 5.74) is 0.610. The number of urea groups is 1. The molecule has 1 N–H and O–H groups in total. The lowest BCUT2D eigenvalue weighted by atomic mass is 9.98. The van der Waals surface area contributed by atoms with Crippen LogP contribution in [0.15, 0.2) is 29.2 Å². The van der Waals surface area contributed by atoms with Crippen LogP contribution in [0, 0.1) is 0 Å². The second-order valence-electron chi connectivity index (χ2n) is 6.09. The van der Waals surface area contributed by atoms with Gasteiger partial charge in [-0.1, -0.05) is 6.07 Å². The minimum absolute atomic E-state index is 0.0211. The minimum atomic E-state index is -0.487. The number of hydrogen-bond acceptors (Lipinski definition) is 5. The molecule has 1 aromatic carbocycles. The first kappa shape index (κ1) is 18.1. The van der Waals surface area contributed by atoms with E-state index in [0.29, 0.717) is 30.8 Å². The number of thioether (sulfide) groups is 2. The fraction of sp³-hybridized carbons (Fsp3) is 0.471. The van der Waals surface area contributed by atoms with Crippen LogP contribution in [0.1, 0.15) is 12.8 Å². The van der Waals surface area contributed by atoms with Crippen LogP contribution in [0.25, 0.3) is 0 Å². The third-order valence-corrected chi connectivity index (χ3v) is 5.77. The zero-order chi connectivity index (χ0) is 18.0. The van der Waals surface area contributed by atoms with E-state index in [0.717, 1.165) is 4.90 Å². The molecule has 2 aliphatic rings. The monoisotopic (exact) mass is 379 g/mol. The Morgan fingerprint density at radius 2 is 2.12 bits per heavy atom. The molecule has 134 valence electrons. The molecule has 2 atom stereocenters. The fourth-order valence-corrected chi connectivity index (χ4v) is 4.12. The molecule has 3 rings (SSSR count). The maximum Gasteiger partial charge on any atom is 0.332 e. The summed E-state index contributed by atoms with van der Waals surface area (Å²) in [7, 11) is 0. The molecule has 2 heterocycles. The third-order valence-electron chi connectivity index (χ3n) is 4.50. The third kappa shape index (κ3) is 3.64. The fourth-order valence-electron chi connectivity index (χ4n) is 3.32. The molecule has 8 heteroatoms. The molecule has 0 saturated carbocycles. The second-order valence-corrected chi connectivity index (χ2v) is 7.83. The number of nitrogens with one attached hydrogen (secondary N) is 1. The Morgan fingerprint density at radius 1 is 1.32 bits per heavy atom. The van der Waals surface area contributed by atoms with Gasteiger partial charge in [0.15, 0.2) is 0 Å². The zero-order valence-electron chi connectivity index (χ0n) is 14.2. The summed E-state index contributed by atoms with van der Waals surface area (Å²) in [4.78, 5) is 41.3. The van der Waals surface area contributed by atoms with Crippen molar-refractivity contribution in [1.82, 2.24) is 10.2 Å². The normalized spacial score (nSPS) is 23.0. The summed E-state index contributed by atoms with van der Waals surface area (Å²) in [5, 5.41) is 2.97. The van der Waals surface area contributed by atoms with E-state index in [1.807, 2.05) is 30.7 Å². The van der Waals surface area contributed by atoms with E-state index >= 15 is 0 Å². The summed E-state index contributed by atoms with van der Waals surface area (Å²) >= 11 is 3.04. The van der Waals surface area contributed by atoms with E-state index < -0.39 is 6.04 Å². The highest BCUT2D eigenvalue weighted by Gasteiger charge is 2.48. The number of hydrogen-bond donors (Lipinski definition) is 1. The van der Waals surface area contributed by atoms with Crippen molar-refractivity contribution in [2.75, 3.05) is 29.7 Å². The lowest BCUT2D eigenvalue weighted by Gasteiger charge is -2.32. The molecular weight excluding hydrogens is 358 g/mol. The van der Waals surface area contributed by atoms with E-state index in [2.05, 4.69) is 5.32 Å². The first-order valence-electron chi connectivity index (χ1n) is 8.12. The van der Waals surface area contributed by atoms with Gasteiger partial charge in [0.05, 0.1) is 11.4 Å². The van der Waals surface area contributed by atoms with Crippen LogP contribution in [-0.2, 0) is 9.59 Å². The van der Waals surface area contributed by atoms with Gasteiger partial charge in [0.1, 0.15) is 6.04 Å². The molecule has 2 saturated heterocycles. The van der Waals surface area contributed by atoms with Crippen molar-refractivity contribution in [3.05, 3.63) is 24.3 Å². The summed E-state index contributed by atoms with van der Waals surface area (Å²) in [5.74, 6) is 0.185. The number of imide groups is 1. The Hall–Kier alpha value is -1.67. The zero-order valence-corrected chi connectivity index (χ0v) is 15.9. The molecule has 0 aromatic heterocycles. The first-order valence-corrected chi connectivity index (χ1v) is 10.7. The van der Waals surface area contributed by atoms with Crippen LogP contribution in [0.4, 0.5) is 10.5 Å². The molecule has 0 spiro atoms. The van der Waals surface area contributed by atoms with E-state index in [1.54, 1.807) is 22.7 Å². The van der Waals surface area contributed by atoms with Crippen LogP contribution >= 0.6 is 23.5 Å². The minimum Gasteiger partial charge on any atom is -0.352 e. The summed E-state index contributed by atoms with van der Waals surface area (Å²) in [6.45, 7) is 0.484. The number of piperidine rings is 1. The van der Waals surface area contributed by atoms with Crippen molar-refractivity contribution in [3.8, 4) is 0 Å². The largest absolute Gasteiger partial charge is 0.352 e. The van der Waals surface area contributed by atoms with Crippen molar-refractivity contribution in [2.45, 2.75) is 29.8 Å². The summed E-state index contributed by atoms with van der Waals surface area (Å²) in [6, 6.07) is 6.63. The van der Waals surface area contributed by atoms with Gasteiger partial charge in [-0.25, -0.2) is 9.69 Å². The Labute approximate surface area is 155 Å². The van der Waals surface area contributed by atoms with E-state index in [9.17, 15) is 14.4 Å². The smallest absolute Gasteiger partial charge is 0.332 e. The Morgan fingerprint density at radius 3 is 2.84 bits per heavy atom. The topological polar surface area (TPSA) is 69.7 Å². The number of anilines is 1. The Balaban J connectivity index is 1.75. The Bertz CT molecular complexity index is 697. The molecule has 6 nitrogen and oxygen atoms in total. The van der Waals surface area contributed by atoms with E-state index in [-0.39, 0.29) is 23.9 Å². The number of nitrogens with zero attached hydrogens (tertiary/aromatic N) is 2. The van der Waals surface area contributed by atoms with E-state index in [4.69, 9.17) is 0 Å². The average Bonchev–Trinajstić information content (AvgIpc) is 2.86. The summed E-state index contributed by atoms with van der Waals surface area (Å²) < 4.78 is 0.